The van der Waals surface area contributed by atoms with Gasteiger partial charge in [0.05, 0.1) is 17.2 Å². The minimum Gasteiger partial charge on any atom is -0.255 e. The van der Waals surface area contributed by atoms with Crippen molar-refractivity contribution in [3.05, 3.63) is 89.6 Å². The molecule has 1 nitrogen and oxygen atoms in total. The minimum atomic E-state index is -4.27. The number of nitrogens with zero attached hydrogens (tertiary/aromatic N) is 1. The maximum Gasteiger partial charge on any atom is 0.394 e. The molecule has 0 bridgehead atoms. The molecule has 196 valence electrons. The van der Waals surface area contributed by atoms with Crippen LogP contribution in [0.5, 0.6) is 0 Å². The molecule has 0 atom stereocenters. The van der Waals surface area contributed by atoms with Crippen molar-refractivity contribution in [2.24, 2.45) is 5.41 Å². The van der Waals surface area contributed by atoms with E-state index in [1.54, 1.807) is 29.7 Å². The van der Waals surface area contributed by atoms with Gasteiger partial charge in [0.2, 0.25) is 0 Å². The van der Waals surface area contributed by atoms with Crippen LogP contribution in [-0.4, -0.2) is 11.2 Å². The molecule has 5 aromatic rings. The van der Waals surface area contributed by atoms with Crippen LogP contribution < -0.4 is 0 Å². The van der Waals surface area contributed by atoms with Gasteiger partial charge in [-0.25, -0.2) is 0 Å². The van der Waals surface area contributed by atoms with Crippen LogP contribution >= 0.6 is 11.3 Å². The van der Waals surface area contributed by atoms with E-state index < -0.39 is 11.6 Å². The predicted molar refractivity (Wildman–Crippen MR) is 155 cm³/mol. The Morgan fingerprint density at radius 3 is 2.21 bits per heavy atom. The smallest absolute Gasteiger partial charge is 0.255 e. The van der Waals surface area contributed by atoms with E-state index in [9.17, 15) is 13.2 Å². The van der Waals surface area contributed by atoms with E-state index in [0.29, 0.717) is 11.6 Å². The molecule has 38 heavy (non-hydrogen) atoms. The molecule has 0 unspecified atom stereocenters. The van der Waals surface area contributed by atoms with Crippen molar-refractivity contribution in [3.8, 4) is 21.7 Å². The first kappa shape index (κ1) is 25.1. The Bertz CT molecular complexity index is 1690. The lowest BCUT2D eigenvalue weighted by Crippen LogP contribution is -2.34. The second-order valence-electron chi connectivity index (χ2n) is 11.8. The number of halogens is 3. The van der Waals surface area contributed by atoms with E-state index in [2.05, 4.69) is 51.1 Å². The molecule has 2 aromatic heterocycles. The maximum absolute atomic E-state index is 13.4. The summed E-state index contributed by atoms with van der Waals surface area (Å²) in [5.41, 5.74) is 3.81. The number of alkyl halides is 3. The lowest BCUT2D eigenvalue weighted by Gasteiger charge is -2.27. The Balaban J connectivity index is 1.63. The minimum absolute atomic E-state index is 0.0664. The molecule has 0 aliphatic carbocycles. The molecule has 0 aliphatic rings. The summed E-state index contributed by atoms with van der Waals surface area (Å²) in [6.07, 6.45) is -2.72. The number of aromatic nitrogens is 1. The Kier molecular flexibility index (Phi) is 6.10. The zero-order chi connectivity index (χ0) is 28.3. The average molecular weight is 533 g/mol. The highest BCUT2D eigenvalue weighted by atomic mass is 32.1. The zero-order valence-electron chi connectivity index (χ0n) is 23.5. The lowest BCUT2D eigenvalue weighted by molar-refractivity contribution is -0.211. The molecule has 5 heteroatoms. The number of hydrogen-bond acceptors (Lipinski definition) is 2. The standard InChI is InChI=1S/C33H32F3NS/c1-20-25-15-16-37-28(24-17-23-9-7-8-10-26(23)27(18-24)31(2,3)4)30(25)38-29(20)22-13-11-21(12-14-22)19-32(5,6)33(34,35)36/h7-18H,19H2,1-6H3/i15D. The van der Waals surface area contributed by atoms with E-state index in [1.807, 2.05) is 25.1 Å². The molecular formula is C33H32F3NS. The van der Waals surface area contributed by atoms with Crippen molar-refractivity contribution in [1.82, 2.24) is 4.98 Å². The van der Waals surface area contributed by atoms with Crippen molar-refractivity contribution in [2.75, 3.05) is 0 Å². The molecule has 0 saturated carbocycles. The van der Waals surface area contributed by atoms with Crippen molar-refractivity contribution < 1.29 is 14.5 Å². The fraction of sp³-hybridized carbons (Fsp3) is 0.303. The highest BCUT2D eigenvalue weighted by molar-refractivity contribution is 7.23. The van der Waals surface area contributed by atoms with Crippen molar-refractivity contribution in [3.63, 3.8) is 0 Å². The lowest BCUT2D eigenvalue weighted by atomic mass is 9.82. The number of benzene rings is 3. The molecule has 0 aliphatic heterocycles. The van der Waals surface area contributed by atoms with Gasteiger partial charge < -0.3 is 0 Å². The third-order valence-corrected chi connectivity index (χ3v) is 8.68. The Labute approximate surface area is 227 Å². The largest absolute Gasteiger partial charge is 0.394 e. The summed E-state index contributed by atoms with van der Waals surface area (Å²) in [6.45, 7) is 11.1. The summed E-state index contributed by atoms with van der Waals surface area (Å²) in [6, 6.07) is 20.5. The molecule has 0 spiro atoms. The molecule has 0 N–H and O–H groups in total. The van der Waals surface area contributed by atoms with Crippen LogP contribution in [0.3, 0.4) is 0 Å². The second kappa shape index (κ2) is 9.23. The Hall–Kier alpha value is -3.18. The number of pyridine rings is 1. The normalized spacial score (nSPS) is 13.3. The van der Waals surface area contributed by atoms with Crippen LogP contribution in [0.1, 0.15) is 52.7 Å². The van der Waals surface area contributed by atoms with E-state index >= 15 is 0 Å². The van der Waals surface area contributed by atoms with Gasteiger partial charge in [-0.2, -0.15) is 13.2 Å². The highest BCUT2D eigenvalue weighted by Gasteiger charge is 2.46. The SMILES string of the molecule is [2H]c1cnc(-c2cc(C(C)(C)C)c3ccccc3c2)c2sc(-c3ccc(CC(C)(C)C(F)(F)F)cc3)c(C)c12. The predicted octanol–water partition coefficient (Wildman–Crippen LogP) is 10.5. The first-order valence-electron chi connectivity index (χ1n) is 13.3. The van der Waals surface area contributed by atoms with Crippen molar-refractivity contribution in [2.45, 2.75) is 59.6 Å². The summed E-state index contributed by atoms with van der Waals surface area (Å²) < 4.78 is 49.8. The van der Waals surface area contributed by atoms with Gasteiger partial charge in [0.25, 0.3) is 0 Å². The van der Waals surface area contributed by atoms with Crippen LogP contribution in [0.25, 0.3) is 42.6 Å². The maximum atomic E-state index is 13.4. The number of rotatable bonds is 4. The Morgan fingerprint density at radius 2 is 1.55 bits per heavy atom. The van der Waals surface area contributed by atoms with Gasteiger partial charge in [-0.3, -0.25) is 4.98 Å². The summed E-state index contributed by atoms with van der Waals surface area (Å²) in [7, 11) is 0. The topological polar surface area (TPSA) is 12.9 Å². The molecule has 2 heterocycles. The first-order valence-corrected chi connectivity index (χ1v) is 13.6. The van der Waals surface area contributed by atoms with E-state index in [1.165, 1.54) is 24.8 Å². The fourth-order valence-corrected chi connectivity index (χ4v) is 6.30. The average Bonchev–Trinajstić information content (AvgIpc) is 3.20. The van der Waals surface area contributed by atoms with Crippen LogP contribution in [-0.2, 0) is 11.8 Å². The van der Waals surface area contributed by atoms with Gasteiger partial charge in [0.15, 0.2) is 0 Å². The monoisotopic (exact) mass is 532 g/mol. The van der Waals surface area contributed by atoms with Gasteiger partial charge in [-0.15, -0.1) is 11.3 Å². The van der Waals surface area contributed by atoms with Crippen LogP contribution in [0.15, 0.2) is 72.9 Å². The number of fused-ring (bicyclic) bond motifs is 2. The van der Waals surface area contributed by atoms with E-state index in [4.69, 9.17) is 6.35 Å². The third kappa shape index (κ3) is 4.73. The molecule has 0 amide bonds. The first-order chi connectivity index (χ1) is 18.2. The number of aryl methyl sites for hydroxylation is 1. The number of thiophene rings is 1. The summed E-state index contributed by atoms with van der Waals surface area (Å²) >= 11 is 1.59. The molecule has 0 fully saturated rings. The van der Waals surface area contributed by atoms with Gasteiger partial charge in [0.1, 0.15) is 0 Å². The van der Waals surface area contributed by atoms with Gasteiger partial charge in [-0.1, -0.05) is 83.1 Å². The van der Waals surface area contributed by atoms with Crippen molar-refractivity contribution >= 4 is 32.2 Å². The summed E-state index contributed by atoms with van der Waals surface area (Å²) in [5.74, 6) is 0. The quantitative estimate of drug-likeness (QED) is 0.224. The Morgan fingerprint density at radius 1 is 0.868 bits per heavy atom. The van der Waals surface area contributed by atoms with Gasteiger partial charge in [0, 0.05) is 16.6 Å². The molecular weight excluding hydrogens is 499 g/mol. The summed E-state index contributed by atoms with van der Waals surface area (Å²) in [4.78, 5) is 5.75. The van der Waals surface area contributed by atoms with Crippen LogP contribution in [0.2, 0.25) is 0 Å². The molecule has 5 rings (SSSR count). The van der Waals surface area contributed by atoms with E-state index in [0.717, 1.165) is 42.7 Å². The third-order valence-electron chi connectivity index (χ3n) is 7.34. The second-order valence-corrected chi connectivity index (χ2v) is 12.8. The molecule has 0 radical (unpaired) electrons. The van der Waals surface area contributed by atoms with Crippen LogP contribution in [0.4, 0.5) is 13.2 Å². The fourth-order valence-electron chi connectivity index (χ4n) is 5.01. The van der Waals surface area contributed by atoms with E-state index in [-0.39, 0.29) is 11.8 Å². The van der Waals surface area contributed by atoms with Crippen LogP contribution in [0, 0.1) is 12.3 Å². The van der Waals surface area contributed by atoms with Crippen molar-refractivity contribution in [1.29, 1.82) is 0 Å². The zero-order valence-corrected chi connectivity index (χ0v) is 23.4. The number of hydrogen-bond donors (Lipinski definition) is 0. The van der Waals surface area contributed by atoms with Gasteiger partial charge in [-0.05, 0) is 75.3 Å². The highest BCUT2D eigenvalue weighted by Crippen LogP contribution is 2.44. The molecule has 3 aromatic carbocycles. The van der Waals surface area contributed by atoms with Gasteiger partial charge >= 0.3 is 6.18 Å². The molecule has 0 saturated heterocycles. The summed E-state index contributed by atoms with van der Waals surface area (Å²) in [5, 5.41) is 3.24.